The molecule has 9 nitrogen and oxygen atoms in total. The predicted molar refractivity (Wildman–Crippen MR) is 138 cm³/mol. The third kappa shape index (κ3) is 5.94. The third-order valence-corrected chi connectivity index (χ3v) is 8.41. The Hall–Kier alpha value is -2.69. The lowest BCUT2D eigenvalue weighted by atomic mass is 10.1. The maximum Gasteiger partial charge on any atom is 0.248 e. The zero-order valence-electron chi connectivity index (χ0n) is 20.3. The molecule has 3 unspecified atom stereocenters. The van der Waals surface area contributed by atoms with Crippen LogP contribution in [0.1, 0.15) is 37.8 Å². The highest BCUT2D eigenvalue weighted by Crippen LogP contribution is 2.39. The van der Waals surface area contributed by atoms with Crippen molar-refractivity contribution in [1.29, 1.82) is 0 Å². The van der Waals surface area contributed by atoms with Gasteiger partial charge >= 0.3 is 0 Å². The smallest absolute Gasteiger partial charge is 0.248 e. The molecule has 2 heterocycles. The van der Waals surface area contributed by atoms with E-state index in [2.05, 4.69) is 22.1 Å². The minimum absolute atomic E-state index is 0.0385. The topological polar surface area (TPSA) is 118 Å². The van der Waals surface area contributed by atoms with Crippen LogP contribution in [0.5, 0.6) is 0 Å². The molecule has 0 bridgehead atoms. The number of hydrogen-bond donors (Lipinski definition) is 1. The SMILES string of the molecule is CCS(=O)(=O)N(C)c1cc(-c2nnc(C(N)Cc3cccc(Cl)c3)o2)cc(N(C)CC2CC2C)n1. The molecule has 3 atom stereocenters. The second-order valence-electron chi connectivity index (χ2n) is 9.18. The second kappa shape index (κ2) is 10.1. The summed E-state index contributed by atoms with van der Waals surface area (Å²) >= 11 is 6.08. The normalized spacial score (nSPS) is 18.3. The van der Waals surface area contributed by atoms with Gasteiger partial charge in [0.25, 0.3) is 0 Å². The Bertz CT molecular complexity index is 1300. The monoisotopic (exact) mass is 518 g/mol. The van der Waals surface area contributed by atoms with Crippen LogP contribution in [0.25, 0.3) is 11.5 Å². The summed E-state index contributed by atoms with van der Waals surface area (Å²) in [5.41, 5.74) is 7.86. The van der Waals surface area contributed by atoms with E-state index in [1.165, 1.54) is 17.8 Å². The fourth-order valence-corrected chi connectivity index (χ4v) is 4.90. The molecule has 0 radical (unpaired) electrons. The van der Waals surface area contributed by atoms with Gasteiger partial charge in [-0.2, -0.15) is 0 Å². The minimum atomic E-state index is -3.50. The maximum atomic E-state index is 12.5. The zero-order chi connectivity index (χ0) is 25.3. The fraction of sp³-hybridized carbons (Fsp3) is 0.458. The van der Waals surface area contributed by atoms with E-state index in [-0.39, 0.29) is 23.4 Å². The first-order chi connectivity index (χ1) is 16.6. The number of halogens is 1. The van der Waals surface area contributed by atoms with E-state index in [0.29, 0.717) is 34.7 Å². The number of pyridine rings is 1. The standard InChI is InChI=1S/C24H31ClN6O3S/c1-5-35(32,33)31(4)22-13-17(12-21(27-22)30(3)14-18-9-15(18)2)23-28-29-24(34-23)20(26)11-16-7-6-8-19(25)10-16/h6-8,10,12-13,15,18,20H,5,9,11,14,26H2,1-4H3. The summed E-state index contributed by atoms with van der Waals surface area (Å²) in [6, 6.07) is 10.4. The van der Waals surface area contributed by atoms with Crippen molar-refractivity contribution in [3.8, 4) is 11.5 Å². The lowest BCUT2D eigenvalue weighted by molar-refractivity contribution is 0.457. The van der Waals surface area contributed by atoms with Gasteiger partial charge in [-0.1, -0.05) is 30.7 Å². The summed E-state index contributed by atoms with van der Waals surface area (Å²) in [6.45, 7) is 4.66. The molecule has 1 aliphatic carbocycles. The molecule has 1 fully saturated rings. The Morgan fingerprint density at radius 2 is 1.91 bits per heavy atom. The molecule has 0 aliphatic heterocycles. The van der Waals surface area contributed by atoms with Crippen molar-refractivity contribution in [1.82, 2.24) is 15.2 Å². The largest absolute Gasteiger partial charge is 0.419 e. The van der Waals surface area contributed by atoms with Gasteiger partial charge in [-0.05, 0) is 61.4 Å². The Kier molecular flexibility index (Phi) is 7.35. The number of benzene rings is 1. The van der Waals surface area contributed by atoms with Crippen LogP contribution in [0.4, 0.5) is 11.6 Å². The Morgan fingerprint density at radius 1 is 1.20 bits per heavy atom. The summed E-state index contributed by atoms with van der Waals surface area (Å²) in [6.07, 6.45) is 1.66. The second-order valence-corrected chi connectivity index (χ2v) is 11.9. The number of aromatic nitrogens is 3. The van der Waals surface area contributed by atoms with Crippen molar-refractivity contribution < 1.29 is 12.8 Å². The van der Waals surface area contributed by atoms with Crippen molar-refractivity contribution in [2.24, 2.45) is 17.6 Å². The van der Waals surface area contributed by atoms with Crippen molar-refractivity contribution >= 4 is 33.3 Å². The number of nitrogens with two attached hydrogens (primary N) is 1. The summed E-state index contributed by atoms with van der Waals surface area (Å²) in [5.74, 6) is 2.71. The summed E-state index contributed by atoms with van der Waals surface area (Å²) < 4.78 is 32.2. The first-order valence-electron chi connectivity index (χ1n) is 11.6. The van der Waals surface area contributed by atoms with Gasteiger partial charge < -0.3 is 15.1 Å². The van der Waals surface area contributed by atoms with Crippen molar-refractivity contribution in [3.63, 3.8) is 0 Å². The van der Waals surface area contributed by atoms with Gasteiger partial charge in [0.05, 0.1) is 11.8 Å². The Labute approximate surface area is 211 Å². The van der Waals surface area contributed by atoms with Crippen molar-refractivity contribution in [2.45, 2.75) is 32.7 Å². The van der Waals surface area contributed by atoms with E-state index >= 15 is 0 Å². The molecular weight excluding hydrogens is 488 g/mol. The van der Waals surface area contributed by atoms with Crippen LogP contribution in [-0.4, -0.2) is 50.0 Å². The molecule has 3 aromatic rings. The van der Waals surface area contributed by atoms with Crippen molar-refractivity contribution in [3.05, 3.63) is 52.9 Å². The summed E-state index contributed by atoms with van der Waals surface area (Å²) in [5, 5.41) is 8.98. The number of anilines is 2. The quantitative estimate of drug-likeness (QED) is 0.429. The van der Waals surface area contributed by atoms with E-state index in [1.54, 1.807) is 19.1 Å². The molecule has 11 heteroatoms. The van der Waals surface area contributed by atoms with Crippen LogP contribution in [0.3, 0.4) is 0 Å². The lowest BCUT2D eigenvalue weighted by Gasteiger charge is -2.23. The average molecular weight is 519 g/mol. The van der Waals surface area contributed by atoms with Crippen LogP contribution < -0.4 is 14.9 Å². The molecule has 0 amide bonds. The molecule has 188 valence electrons. The van der Waals surface area contributed by atoms with Crippen molar-refractivity contribution in [2.75, 3.05) is 35.6 Å². The molecular formula is C24H31ClN6O3S. The summed E-state index contributed by atoms with van der Waals surface area (Å²) in [4.78, 5) is 6.67. The third-order valence-electron chi connectivity index (χ3n) is 6.43. The Morgan fingerprint density at radius 3 is 2.57 bits per heavy atom. The van der Waals surface area contributed by atoms with Gasteiger partial charge in [0.1, 0.15) is 11.6 Å². The molecule has 1 aliphatic rings. The molecule has 1 aromatic carbocycles. The van der Waals surface area contributed by atoms with E-state index in [0.717, 1.165) is 12.1 Å². The predicted octanol–water partition coefficient (Wildman–Crippen LogP) is 3.91. The van der Waals surface area contributed by atoms with Gasteiger partial charge in [0.15, 0.2) is 0 Å². The highest BCUT2D eigenvalue weighted by Gasteiger charge is 2.34. The first kappa shape index (κ1) is 25.4. The summed E-state index contributed by atoms with van der Waals surface area (Å²) in [7, 11) is -0.0520. The van der Waals surface area contributed by atoms with Gasteiger partial charge in [-0.3, -0.25) is 4.31 Å². The zero-order valence-corrected chi connectivity index (χ0v) is 21.9. The first-order valence-corrected chi connectivity index (χ1v) is 13.6. The number of sulfonamides is 1. The van der Waals surface area contributed by atoms with Gasteiger partial charge in [0.2, 0.25) is 21.8 Å². The van der Waals surface area contributed by atoms with Crippen LogP contribution >= 0.6 is 11.6 Å². The molecule has 4 rings (SSSR count). The molecule has 0 saturated heterocycles. The number of rotatable bonds is 10. The van der Waals surface area contributed by atoms with Gasteiger partial charge in [-0.25, -0.2) is 13.4 Å². The van der Waals surface area contributed by atoms with Crippen LogP contribution in [0.15, 0.2) is 40.8 Å². The average Bonchev–Trinajstić information content (AvgIpc) is 3.30. The minimum Gasteiger partial charge on any atom is -0.419 e. The molecule has 1 saturated carbocycles. The molecule has 35 heavy (non-hydrogen) atoms. The molecule has 0 spiro atoms. The van der Waals surface area contributed by atoms with E-state index in [9.17, 15) is 8.42 Å². The maximum absolute atomic E-state index is 12.5. The highest BCUT2D eigenvalue weighted by molar-refractivity contribution is 7.92. The lowest BCUT2D eigenvalue weighted by Crippen LogP contribution is -2.30. The van der Waals surface area contributed by atoms with Crippen LogP contribution in [0, 0.1) is 11.8 Å². The van der Waals surface area contributed by atoms with E-state index in [4.69, 9.17) is 21.8 Å². The van der Waals surface area contributed by atoms with E-state index in [1.807, 2.05) is 36.2 Å². The van der Waals surface area contributed by atoms with Gasteiger partial charge in [0, 0.05) is 31.2 Å². The van der Waals surface area contributed by atoms with Gasteiger partial charge in [-0.15, -0.1) is 10.2 Å². The number of hydrogen-bond acceptors (Lipinski definition) is 8. The molecule has 2 aromatic heterocycles. The fourth-order valence-electron chi connectivity index (χ4n) is 3.92. The van der Waals surface area contributed by atoms with E-state index < -0.39 is 16.1 Å². The van der Waals surface area contributed by atoms with Crippen LogP contribution in [-0.2, 0) is 16.4 Å². The highest BCUT2D eigenvalue weighted by atomic mass is 35.5. The number of nitrogens with zero attached hydrogens (tertiary/aromatic N) is 5. The van der Waals surface area contributed by atoms with Crippen LogP contribution in [0.2, 0.25) is 5.02 Å². The molecule has 2 N–H and O–H groups in total. The Balaban J connectivity index is 1.64.